The van der Waals surface area contributed by atoms with Crippen molar-refractivity contribution in [2.45, 2.75) is 13.0 Å². The molecule has 0 aliphatic heterocycles. The number of benzene rings is 2. The molecule has 3 rings (SSSR count). The van der Waals surface area contributed by atoms with Gasteiger partial charge in [0, 0.05) is 15.4 Å². The number of rotatable bonds is 2. The summed E-state index contributed by atoms with van der Waals surface area (Å²) >= 11 is 12.1. The number of hydrogen-bond donors (Lipinski definition) is 1. The van der Waals surface area contributed by atoms with Gasteiger partial charge in [0.25, 0.3) is 0 Å². The van der Waals surface area contributed by atoms with Gasteiger partial charge in [-0.1, -0.05) is 29.3 Å². The average Bonchev–Trinajstić information content (AvgIpc) is 2.79. The van der Waals surface area contributed by atoms with Gasteiger partial charge in [0.15, 0.2) is 0 Å². The highest BCUT2D eigenvalue weighted by atomic mass is 35.5. The zero-order valence-corrected chi connectivity index (χ0v) is 12.4. The fourth-order valence-electron chi connectivity index (χ4n) is 2.30. The second kappa shape index (κ2) is 5.13. The quantitative estimate of drug-likeness (QED) is 0.715. The van der Waals surface area contributed by atoms with Crippen molar-refractivity contribution in [1.29, 1.82) is 0 Å². The highest BCUT2D eigenvalue weighted by Crippen LogP contribution is 2.29. The fourth-order valence-corrected chi connectivity index (χ4v) is 2.78. The Morgan fingerprint density at radius 3 is 2.55 bits per heavy atom. The summed E-state index contributed by atoms with van der Waals surface area (Å²) in [6, 6.07) is 12.8. The number of fused-ring (bicyclic) bond motifs is 1. The lowest BCUT2D eigenvalue weighted by Crippen LogP contribution is -2.11. The van der Waals surface area contributed by atoms with E-state index in [4.69, 9.17) is 33.4 Å². The van der Waals surface area contributed by atoms with Crippen LogP contribution in [0.15, 0.2) is 46.9 Å². The van der Waals surface area contributed by atoms with Gasteiger partial charge in [0.2, 0.25) is 0 Å². The Morgan fingerprint density at radius 2 is 1.80 bits per heavy atom. The third-order valence-corrected chi connectivity index (χ3v) is 3.68. The molecule has 0 saturated carbocycles. The van der Waals surface area contributed by atoms with Gasteiger partial charge in [0.05, 0.1) is 6.04 Å². The summed E-state index contributed by atoms with van der Waals surface area (Å²) in [6.45, 7) is 1.99. The maximum absolute atomic E-state index is 6.27. The molecule has 1 unspecified atom stereocenters. The van der Waals surface area contributed by atoms with Gasteiger partial charge in [0.1, 0.15) is 11.3 Å². The lowest BCUT2D eigenvalue weighted by molar-refractivity contribution is 0.525. The van der Waals surface area contributed by atoms with Crippen LogP contribution in [0.3, 0.4) is 0 Å². The highest BCUT2D eigenvalue weighted by Gasteiger charge is 2.15. The van der Waals surface area contributed by atoms with E-state index in [1.165, 1.54) is 0 Å². The molecule has 0 aliphatic rings. The van der Waals surface area contributed by atoms with Crippen LogP contribution >= 0.6 is 23.2 Å². The van der Waals surface area contributed by atoms with E-state index in [-0.39, 0.29) is 6.04 Å². The topological polar surface area (TPSA) is 39.2 Å². The smallest absolute Gasteiger partial charge is 0.134 e. The molecule has 0 bridgehead atoms. The Morgan fingerprint density at radius 1 is 1.00 bits per heavy atom. The van der Waals surface area contributed by atoms with Crippen molar-refractivity contribution in [3.8, 4) is 0 Å². The van der Waals surface area contributed by atoms with E-state index in [0.29, 0.717) is 15.8 Å². The molecule has 0 amide bonds. The van der Waals surface area contributed by atoms with Gasteiger partial charge >= 0.3 is 0 Å². The summed E-state index contributed by atoms with van der Waals surface area (Å²) < 4.78 is 5.79. The molecule has 0 aliphatic carbocycles. The van der Waals surface area contributed by atoms with Gasteiger partial charge in [-0.05, 0) is 54.4 Å². The minimum Gasteiger partial charge on any atom is -0.459 e. The third-order valence-electron chi connectivity index (χ3n) is 3.23. The third kappa shape index (κ3) is 2.55. The first kappa shape index (κ1) is 13.5. The zero-order valence-electron chi connectivity index (χ0n) is 10.9. The summed E-state index contributed by atoms with van der Waals surface area (Å²) in [6.07, 6.45) is 0. The van der Waals surface area contributed by atoms with Crippen LogP contribution in [-0.4, -0.2) is 0 Å². The lowest BCUT2D eigenvalue weighted by Gasteiger charge is -2.10. The first-order chi connectivity index (χ1) is 9.52. The Balaban J connectivity index is 2.05. The summed E-state index contributed by atoms with van der Waals surface area (Å²) in [4.78, 5) is 0. The summed E-state index contributed by atoms with van der Waals surface area (Å²) in [5, 5.41) is 2.30. The minimum absolute atomic E-state index is 0.349. The monoisotopic (exact) mass is 305 g/mol. The van der Waals surface area contributed by atoms with E-state index in [0.717, 1.165) is 22.1 Å². The van der Waals surface area contributed by atoms with Crippen LogP contribution in [0, 0.1) is 6.92 Å². The predicted molar refractivity (Wildman–Crippen MR) is 83.4 cm³/mol. The van der Waals surface area contributed by atoms with Gasteiger partial charge < -0.3 is 10.2 Å². The Kier molecular flexibility index (Phi) is 3.47. The second-order valence-electron chi connectivity index (χ2n) is 4.87. The van der Waals surface area contributed by atoms with E-state index < -0.39 is 0 Å². The molecule has 2 aromatic carbocycles. The second-order valence-corrected chi connectivity index (χ2v) is 5.74. The number of halogens is 2. The molecular formula is C16H13Cl2NO. The van der Waals surface area contributed by atoms with Crippen molar-refractivity contribution in [2.24, 2.45) is 5.73 Å². The van der Waals surface area contributed by atoms with Crippen LogP contribution in [0.25, 0.3) is 11.0 Å². The first-order valence-electron chi connectivity index (χ1n) is 6.24. The molecule has 20 heavy (non-hydrogen) atoms. The van der Waals surface area contributed by atoms with Gasteiger partial charge in [-0.2, -0.15) is 0 Å². The van der Waals surface area contributed by atoms with E-state index in [1.54, 1.807) is 6.07 Å². The molecule has 1 atom stereocenters. The number of aryl methyl sites for hydroxylation is 1. The molecule has 4 heteroatoms. The van der Waals surface area contributed by atoms with Crippen LogP contribution in [0.1, 0.15) is 22.9 Å². The van der Waals surface area contributed by atoms with Crippen molar-refractivity contribution >= 4 is 34.2 Å². The van der Waals surface area contributed by atoms with Crippen LogP contribution in [0.2, 0.25) is 10.0 Å². The minimum atomic E-state index is -0.349. The van der Waals surface area contributed by atoms with E-state index in [1.807, 2.05) is 43.3 Å². The van der Waals surface area contributed by atoms with Crippen molar-refractivity contribution in [2.75, 3.05) is 0 Å². The molecule has 3 aromatic rings. The molecule has 0 fully saturated rings. The molecule has 2 nitrogen and oxygen atoms in total. The summed E-state index contributed by atoms with van der Waals surface area (Å²) in [5.74, 6) is 0.698. The molecule has 102 valence electrons. The van der Waals surface area contributed by atoms with Crippen molar-refractivity contribution in [3.63, 3.8) is 0 Å². The lowest BCUT2D eigenvalue weighted by atomic mass is 10.0. The molecular weight excluding hydrogens is 293 g/mol. The van der Waals surface area contributed by atoms with E-state index >= 15 is 0 Å². The van der Waals surface area contributed by atoms with E-state index in [9.17, 15) is 0 Å². The van der Waals surface area contributed by atoms with Crippen LogP contribution in [0.5, 0.6) is 0 Å². The highest BCUT2D eigenvalue weighted by molar-refractivity contribution is 6.31. The molecule has 1 aromatic heterocycles. The van der Waals surface area contributed by atoms with E-state index in [2.05, 4.69) is 0 Å². The maximum atomic E-state index is 6.27. The fraction of sp³-hybridized carbons (Fsp3) is 0.125. The van der Waals surface area contributed by atoms with Crippen molar-refractivity contribution in [3.05, 3.63) is 69.4 Å². The molecule has 0 spiro atoms. The number of nitrogens with two attached hydrogens (primary N) is 1. The van der Waals surface area contributed by atoms with Gasteiger partial charge in [-0.25, -0.2) is 0 Å². The zero-order chi connectivity index (χ0) is 14.3. The largest absolute Gasteiger partial charge is 0.459 e. The van der Waals surface area contributed by atoms with Crippen LogP contribution in [0.4, 0.5) is 0 Å². The predicted octanol–water partition coefficient (Wildman–Crippen LogP) is 5.10. The summed E-state index contributed by atoms with van der Waals surface area (Å²) in [5.41, 5.74) is 9.05. The Labute approximate surface area is 127 Å². The maximum Gasteiger partial charge on any atom is 0.134 e. The molecule has 2 N–H and O–H groups in total. The molecule has 0 saturated heterocycles. The van der Waals surface area contributed by atoms with Crippen LogP contribution < -0.4 is 5.73 Å². The standard InChI is InChI=1S/C16H13Cl2NO/c1-9-4-11(7-13(18)5-9)16(19)15-8-10-6-12(17)2-3-14(10)20-15/h2-8,16H,19H2,1H3. The SMILES string of the molecule is Cc1cc(Cl)cc(C(N)c2cc3cc(Cl)ccc3o2)c1. The van der Waals surface area contributed by atoms with Gasteiger partial charge in [-0.15, -0.1) is 0 Å². The van der Waals surface area contributed by atoms with Crippen LogP contribution in [-0.2, 0) is 0 Å². The Bertz CT molecular complexity index is 759. The van der Waals surface area contributed by atoms with Crippen molar-refractivity contribution in [1.82, 2.24) is 0 Å². The van der Waals surface area contributed by atoms with Gasteiger partial charge in [-0.3, -0.25) is 0 Å². The Hall–Kier alpha value is -1.48. The summed E-state index contributed by atoms with van der Waals surface area (Å²) in [7, 11) is 0. The molecule has 0 radical (unpaired) electrons. The number of furan rings is 1. The first-order valence-corrected chi connectivity index (χ1v) is 7.00. The van der Waals surface area contributed by atoms with Crippen molar-refractivity contribution < 1.29 is 4.42 Å². The normalized spacial score (nSPS) is 12.8. The molecule has 1 heterocycles. The number of hydrogen-bond acceptors (Lipinski definition) is 2. The average molecular weight is 306 g/mol.